The van der Waals surface area contributed by atoms with Gasteiger partial charge in [0.25, 0.3) is 0 Å². The first-order valence-electron chi connectivity index (χ1n) is 21.0. The number of hydrogen-bond acceptors (Lipinski definition) is 6. The standard InChI is InChI=1S/C42H78O6/c1-3-5-7-9-11-13-15-17-19-21-23-25-27-29-31-35-39(43)47-41(45)37-33-34-38-42(46)48-40(44)36-32-30-28-26-24-22-20-18-16-14-12-10-8-6-4-2/h3-38H2,1-2H3. The molecular weight excluding hydrogens is 600 g/mol. The fourth-order valence-electron chi connectivity index (χ4n) is 6.28. The Hall–Kier alpha value is -1.72. The molecule has 0 spiro atoms. The zero-order valence-corrected chi connectivity index (χ0v) is 31.9. The summed E-state index contributed by atoms with van der Waals surface area (Å²) in [6, 6.07) is 0. The number of ether oxygens (including phenoxy) is 2. The Morgan fingerprint density at radius 3 is 0.583 bits per heavy atom. The minimum Gasteiger partial charge on any atom is -0.393 e. The fraction of sp³-hybridized carbons (Fsp3) is 0.905. The maximum Gasteiger partial charge on any atom is 0.313 e. The average molecular weight is 679 g/mol. The lowest BCUT2D eigenvalue weighted by molar-refractivity contribution is -0.162. The van der Waals surface area contributed by atoms with Gasteiger partial charge < -0.3 is 9.47 Å². The van der Waals surface area contributed by atoms with Gasteiger partial charge in [-0.2, -0.15) is 0 Å². The maximum absolute atomic E-state index is 11.9. The number of hydrogen-bond donors (Lipinski definition) is 0. The van der Waals surface area contributed by atoms with Gasteiger partial charge in [-0.25, -0.2) is 0 Å². The first kappa shape index (κ1) is 46.3. The van der Waals surface area contributed by atoms with Gasteiger partial charge in [0, 0.05) is 25.7 Å². The Bertz CT molecular complexity index is 686. The van der Waals surface area contributed by atoms with Crippen LogP contribution in [0.1, 0.15) is 245 Å². The minimum atomic E-state index is -0.543. The van der Waals surface area contributed by atoms with E-state index in [2.05, 4.69) is 13.8 Å². The van der Waals surface area contributed by atoms with E-state index in [0.29, 0.717) is 12.8 Å². The van der Waals surface area contributed by atoms with Crippen molar-refractivity contribution in [3.63, 3.8) is 0 Å². The van der Waals surface area contributed by atoms with Gasteiger partial charge in [0.15, 0.2) is 0 Å². The zero-order chi connectivity index (χ0) is 35.2. The van der Waals surface area contributed by atoms with Crippen LogP contribution in [0, 0.1) is 0 Å². The van der Waals surface area contributed by atoms with Crippen molar-refractivity contribution in [2.45, 2.75) is 245 Å². The first-order valence-corrected chi connectivity index (χ1v) is 21.0. The van der Waals surface area contributed by atoms with Crippen molar-refractivity contribution in [3.05, 3.63) is 0 Å². The summed E-state index contributed by atoms with van der Waals surface area (Å²) >= 11 is 0. The fourth-order valence-corrected chi connectivity index (χ4v) is 6.28. The molecule has 0 saturated heterocycles. The highest BCUT2D eigenvalue weighted by atomic mass is 16.6. The lowest BCUT2D eigenvalue weighted by atomic mass is 10.0. The van der Waals surface area contributed by atoms with E-state index in [0.717, 1.165) is 38.5 Å². The molecule has 0 rings (SSSR count). The summed E-state index contributed by atoms with van der Waals surface area (Å²) in [5.41, 5.74) is 0. The van der Waals surface area contributed by atoms with Crippen LogP contribution in [0.5, 0.6) is 0 Å². The van der Waals surface area contributed by atoms with Crippen molar-refractivity contribution >= 4 is 23.9 Å². The molecule has 0 aromatic carbocycles. The lowest BCUT2D eigenvalue weighted by Gasteiger charge is -2.05. The van der Waals surface area contributed by atoms with Crippen LogP contribution in [0.25, 0.3) is 0 Å². The second-order valence-electron chi connectivity index (χ2n) is 14.3. The molecule has 0 fully saturated rings. The number of carbonyl (C=O) groups excluding carboxylic acids is 4. The molecule has 282 valence electrons. The van der Waals surface area contributed by atoms with E-state index in [4.69, 9.17) is 9.47 Å². The van der Waals surface area contributed by atoms with Crippen LogP contribution in [0.3, 0.4) is 0 Å². The summed E-state index contributed by atoms with van der Waals surface area (Å²) in [7, 11) is 0. The van der Waals surface area contributed by atoms with Gasteiger partial charge >= 0.3 is 23.9 Å². The Morgan fingerprint density at radius 2 is 0.396 bits per heavy atom. The molecule has 0 heterocycles. The van der Waals surface area contributed by atoms with Gasteiger partial charge in [-0.1, -0.05) is 194 Å². The number of unbranched alkanes of at least 4 members (excludes halogenated alkanes) is 29. The van der Waals surface area contributed by atoms with Crippen LogP contribution in [-0.4, -0.2) is 23.9 Å². The number of esters is 4. The van der Waals surface area contributed by atoms with Crippen LogP contribution in [0.4, 0.5) is 0 Å². The topological polar surface area (TPSA) is 86.7 Å². The Labute approximate surface area is 297 Å². The van der Waals surface area contributed by atoms with Gasteiger partial charge in [-0.15, -0.1) is 0 Å². The summed E-state index contributed by atoms with van der Waals surface area (Å²) in [5.74, 6) is -2.01. The van der Waals surface area contributed by atoms with Gasteiger partial charge in [0.2, 0.25) is 0 Å². The summed E-state index contributed by atoms with van der Waals surface area (Å²) in [5, 5.41) is 0. The summed E-state index contributed by atoms with van der Waals surface area (Å²) in [4.78, 5) is 47.8. The molecule has 0 aliphatic heterocycles. The second kappa shape index (κ2) is 38.1. The lowest BCUT2D eigenvalue weighted by Crippen LogP contribution is -2.13. The van der Waals surface area contributed by atoms with Crippen LogP contribution in [0.15, 0.2) is 0 Å². The SMILES string of the molecule is CCCCCCCCCCCCCCCCCC(=O)OC(=O)CCCCC(=O)OC(=O)CCCCCCCCCCCCCCCCC. The van der Waals surface area contributed by atoms with Crippen LogP contribution >= 0.6 is 0 Å². The molecule has 0 radical (unpaired) electrons. The van der Waals surface area contributed by atoms with E-state index < -0.39 is 23.9 Å². The molecule has 0 aliphatic carbocycles. The van der Waals surface area contributed by atoms with Crippen LogP contribution in [0.2, 0.25) is 0 Å². The van der Waals surface area contributed by atoms with Crippen molar-refractivity contribution in [2.24, 2.45) is 0 Å². The number of carbonyl (C=O) groups is 4. The monoisotopic (exact) mass is 679 g/mol. The van der Waals surface area contributed by atoms with Gasteiger partial charge in [-0.05, 0) is 25.7 Å². The van der Waals surface area contributed by atoms with Crippen molar-refractivity contribution < 1.29 is 28.7 Å². The molecule has 48 heavy (non-hydrogen) atoms. The highest BCUT2D eigenvalue weighted by molar-refractivity contribution is 5.86. The van der Waals surface area contributed by atoms with Gasteiger partial charge in [0.05, 0.1) is 0 Å². The van der Waals surface area contributed by atoms with E-state index in [-0.39, 0.29) is 25.7 Å². The first-order chi connectivity index (χ1) is 23.5. The Kier molecular flexibility index (Phi) is 36.7. The number of rotatable bonds is 37. The van der Waals surface area contributed by atoms with Crippen molar-refractivity contribution in [2.75, 3.05) is 0 Å². The average Bonchev–Trinajstić information content (AvgIpc) is 3.06. The molecule has 6 nitrogen and oxygen atoms in total. The van der Waals surface area contributed by atoms with Gasteiger partial charge in [-0.3, -0.25) is 19.2 Å². The molecule has 0 aromatic heterocycles. The third-order valence-electron chi connectivity index (χ3n) is 9.44. The molecule has 0 unspecified atom stereocenters. The van der Waals surface area contributed by atoms with E-state index in [1.165, 1.54) is 154 Å². The predicted octanol–water partition coefficient (Wildman–Crippen LogP) is 13.2. The predicted molar refractivity (Wildman–Crippen MR) is 200 cm³/mol. The summed E-state index contributed by atoms with van der Waals surface area (Å²) in [6.07, 6.45) is 39.5. The Morgan fingerprint density at radius 1 is 0.250 bits per heavy atom. The van der Waals surface area contributed by atoms with Crippen LogP contribution < -0.4 is 0 Å². The second-order valence-corrected chi connectivity index (χ2v) is 14.3. The summed E-state index contributed by atoms with van der Waals surface area (Å²) < 4.78 is 9.82. The molecule has 0 aliphatic rings. The van der Waals surface area contributed by atoms with E-state index in [1.807, 2.05) is 0 Å². The molecule has 6 heteroatoms. The Balaban J connectivity index is 3.47. The molecule has 0 bridgehead atoms. The highest BCUT2D eigenvalue weighted by Crippen LogP contribution is 2.16. The smallest absolute Gasteiger partial charge is 0.313 e. The van der Waals surface area contributed by atoms with Crippen LogP contribution in [-0.2, 0) is 28.7 Å². The van der Waals surface area contributed by atoms with Gasteiger partial charge in [0.1, 0.15) is 0 Å². The molecule has 0 aromatic rings. The molecule has 0 N–H and O–H groups in total. The van der Waals surface area contributed by atoms with E-state index in [9.17, 15) is 19.2 Å². The zero-order valence-electron chi connectivity index (χ0n) is 31.9. The molecular formula is C42H78O6. The molecule has 0 saturated carbocycles. The van der Waals surface area contributed by atoms with Crippen molar-refractivity contribution in [3.8, 4) is 0 Å². The van der Waals surface area contributed by atoms with E-state index in [1.54, 1.807) is 0 Å². The largest absolute Gasteiger partial charge is 0.393 e. The third-order valence-corrected chi connectivity index (χ3v) is 9.44. The third kappa shape index (κ3) is 37.1. The normalized spacial score (nSPS) is 11.1. The highest BCUT2D eigenvalue weighted by Gasteiger charge is 2.13. The molecule has 0 atom stereocenters. The minimum absolute atomic E-state index is 0.0882. The summed E-state index contributed by atoms with van der Waals surface area (Å²) in [6.45, 7) is 4.52. The molecule has 0 amide bonds. The van der Waals surface area contributed by atoms with Crippen molar-refractivity contribution in [1.82, 2.24) is 0 Å². The van der Waals surface area contributed by atoms with E-state index >= 15 is 0 Å². The quantitative estimate of drug-likeness (QED) is 0.0369. The van der Waals surface area contributed by atoms with Crippen molar-refractivity contribution in [1.29, 1.82) is 0 Å². The maximum atomic E-state index is 11.9.